The van der Waals surface area contributed by atoms with Crippen molar-refractivity contribution < 1.29 is 9.53 Å². The van der Waals surface area contributed by atoms with Crippen molar-refractivity contribution in [1.29, 1.82) is 0 Å². The number of pyridine rings is 1. The molecule has 5 heteroatoms. The zero-order chi connectivity index (χ0) is 14.8. The highest BCUT2D eigenvalue weighted by Gasteiger charge is 2.24. The summed E-state index contributed by atoms with van der Waals surface area (Å²) in [4.78, 5) is 16.0. The maximum atomic E-state index is 11.6. The average molecular weight is 277 g/mol. The van der Waals surface area contributed by atoms with Crippen LogP contribution in [0.2, 0.25) is 0 Å². The summed E-state index contributed by atoms with van der Waals surface area (Å²) in [6.07, 6.45) is 4.56. The van der Waals surface area contributed by atoms with Gasteiger partial charge in [-0.15, -0.1) is 0 Å². The van der Waals surface area contributed by atoms with Crippen molar-refractivity contribution in [3.63, 3.8) is 0 Å². The Morgan fingerprint density at radius 2 is 2.10 bits per heavy atom. The quantitative estimate of drug-likeness (QED) is 0.825. The molecule has 0 radical (unpaired) electrons. The molecular formula is C15H23N3O2. The van der Waals surface area contributed by atoms with Gasteiger partial charge in [0, 0.05) is 11.2 Å². The largest absolute Gasteiger partial charge is 0.475 e. The SMILES string of the molecule is CCC(N)(CC)COc1nc2c(cc1C(N)=O)CCC2. The van der Waals surface area contributed by atoms with Gasteiger partial charge in [-0.05, 0) is 43.7 Å². The minimum Gasteiger partial charge on any atom is -0.475 e. The smallest absolute Gasteiger partial charge is 0.254 e. The molecule has 1 aromatic rings. The first-order valence-corrected chi connectivity index (χ1v) is 7.23. The topological polar surface area (TPSA) is 91.2 Å². The predicted octanol–water partition coefficient (Wildman–Crippen LogP) is 1.57. The van der Waals surface area contributed by atoms with Crippen molar-refractivity contribution in [1.82, 2.24) is 4.98 Å². The minimum absolute atomic E-state index is 0.329. The molecule has 2 rings (SSSR count). The van der Waals surface area contributed by atoms with E-state index >= 15 is 0 Å². The van der Waals surface area contributed by atoms with Crippen LogP contribution in [0.1, 0.15) is 54.7 Å². The Morgan fingerprint density at radius 1 is 1.40 bits per heavy atom. The Labute approximate surface area is 119 Å². The fraction of sp³-hybridized carbons (Fsp3) is 0.600. The number of carbonyl (C=O) groups excluding carboxylic acids is 1. The zero-order valence-corrected chi connectivity index (χ0v) is 12.2. The lowest BCUT2D eigenvalue weighted by Gasteiger charge is -2.26. The summed E-state index contributed by atoms with van der Waals surface area (Å²) in [6.45, 7) is 4.39. The van der Waals surface area contributed by atoms with Crippen molar-refractivity contribution in [2.24, 2.45) is 11.5 Å². The monoisotopic (exact) mass is 277 g/mol. The van der Waals surface area contributed by atoms with Crippen LogP contribution in [0.3, 0.4) is 0 Å². The van der Waals surface area contributed by atoms with Crippen molar-refractivity contribution in [2.75, 3.05) is 6.61 Å². The standard InChI is InChI=1S/C15H23N3O2/c1-3-15(17,4-2)9-20-14-11(13(16)19)8-10-6-5-7-12(10)18-14/h8H,3-7,9,17H2,1-2H3,(H2,16,19). The minimum atomic E-state index is -0.502. The lowest BCUT2D eigenvalue weighted by atomic mass is 9.96. The lowest BCUT2D eigenvalue weighted by Crippen LogP contribution is -2.44. The van der Waals surface area contributed by atoms with Crippen LogP contribution in [-0.2, 0) is 12.8 Å². The second kappa shape index (κ2) is 5.79. The second-order valence-corrected chi connectivity index (χ2v) is 5.52. The summed E-state index contributed by atoms with van der Waals surface area (Å²) < 4.78 is 5.73. The van der Waals surface area contributed by atoms with Gasteiger partial charge in [0.25, 0.3) is 5.91 Å². The first kappa shape index (κ1) is 14.8. The van der Waals surface area contributed by atoms with E-state index in [1.165, 1.54) is 0 Å². The molecule has 0 unspecified atom stereocenters. The highest BCUT2D eigenvalue weighted by atomic mass is 16.5. The maximum absolute atomic E-state index is 11.6. The van der Waals surface area contributed by atoms with Gasteiger partial charge in [0.2, 0.25) is 5.88 Å². The van der Waals surface area contributed by atoms with E-state index in [1.807, 2.05) is 19.9 Å². The molecule has 1 aliphatic rings. The highest BCUT2D eigenvalue weighted by molar-refractivity contribution is 5.95. The number of fused-ring (bicyclic) bond motifs is 1. The lowest BCUT2D eigenvalue weighted by molar-refractivity contribution is 0.0992. The Hall–Kier alpha value is -1.62. The van der Waals surface area contributed by atoms with Gasteiger partial charge in [0.05, 0.1) is 0 Å². The highest BCUT2D eigenvalue weighted by Crippen LogP contribution is 2.27. The fourth-order valence-electron chi connectivity index (χ4n) is 2.41. The summed E-state index contributed by atoms with van der Waals surface area (Å²) in [5, 5.41) is 0. The fourth-order valence-corrected chi connectivity index (χ4v) is 2.41. The number of aromatic nitrogens is 1. The number of primary amides is 1. The van der Waals surface area contributed by atoms with Crippen molar-refractivity contribution in [2.45, 2.75) is 51.5 Å². The Kier molecular flexibility index (Phi) is 4.28. The van der Waals surface area contributed by atoms with Gasteiger partial charge >= 0.3 is 0 Å². The van der Waals surface area contributed by atoms with Gasteiger partial charge in [-0.1, -0.05) is 13.8 Å². The van der Waals surface area contributed by atoms with Crippen LogP contribution in [0.25, 0.3) is 0 Å². The third kappa shape index (κ3) is 2.93. The van der Waals surface area contributed by atoms with Gasteiger partial charge in [-0.25, -0.2) is 4.98 Å². The molecule has 1 heterocycles. The average Bonchev–Trinajstić information content (AvgIpc) is 2.90. The Bertz CT molecular complexity index is 510. The van der Waals surface area contributed by atoms with Crippen LogP contribution < -0.4 is 16.2 Å². The molecule has 0 spiro atoms. The predicted molar refractivity (Wildman–Crippen MR) is 77.8 cm³/mol. The van der Waals surface area contributed by atoms with E-state index in [0.717, 1.165) is 43.4 Å². The van der Waals surface area contributed by atoms with Gasteiger partial charge in [-0.3, -0.25) is 4.79 Å². The van der Waals surface area contributed by atoms with Crippen LogP contribution in [0.15, 0.2) is 6.07 Å². The van der Waals surface area contributed by atoms with Crippen LogP contribution in [0, 0.1) is 0 Å². The molecule has 5 nitrogen and oxygen atoms in total. The van der Waals surface area contributed by atoms with Crippen LogP contribution in [0.5, 0.6) is 5.88 Å². The summed E-state index contributed by atoms with van der Waals surface area (Å²) in [6, 6.07) is 1.82. The summed E-state index contributed by atoms with van der Waals surface area (Å²) in [5.41, 5.74) is 13.7. The van der Waals surface area contributed by atoms with Crippen LogP contribution >= 0.6 is 0 Å². The summed E-state index contributed by atoms with van der Waals surface area (Å²) in [5.74, 6) is -0.173. The van der Waals surface area contributed by atoms with E-state index in [-0.39, 0.29) is 0 Å². The van der Waals surface area contributed by atoms with Crippen molar-refractivity contribution in [3.8, 4) is 5.88 Å². The first-order valence-electron chi connectivity index (χ1n) is 7.23. The molecule has 0 atom stereocenters. The number of hydrogen-bond donors (Lipinski definition) is 2. The molecule has 1 aromatic heterocycles. The Morgan fingerprint density at radius 3 is 2.70 bits per heavy atom. The van der Waals surface area contributed by atoms with E-state index in [4.69, 9.17) is 16.2 Å². The molecule has 1 aliphatic carbocycles. The number of aryl methyl sites for hydroxylation is 2. The van der Waals surface area contributed by atoms with Gasteiger partial charge in [0.1, 0.15) is 12.2 Å². The second-order valence-electron chi connectivity index (χ2n) is 5.52. The third-order valence-electron chi connectivity index (χ3n) is 4.19. The number of nitrogens with two attached hydrogens (primary N) is 2. The van der Waals surface area contributed by atoms with Crippen LogP contribution in [0.4, 0.5) is 0 Å². The third-order valence-corrected chi connectivity index (χ3v) is 4.19. The van der Waals surface area contributed by atoms with E-state index in [0.29, 0.717) is 18.1 Å². The molecule has 0 bridgehead atoms. The van der Waals surface area contributed by atoms with Gasteiger partial charge in [-0.2, -0.15) is 0 Å². The van der Waals surface area contributed by atoms with E-state index in [9.17, 15) is 4.79 Å². The van der Waals surface area contributed by atoms with Crippen molar-refractivity contribution >= 4 is 5.91 Å². The van der Waals surface area contributed by atoms with Crippen LogP contribution in [-0.4, -0.2) is 23.0 Å². The van der Waals surface area contributed by atoms with Gasteiger partial charge < -0.3 is 16.2 Å². The summed E-state index contributed by atoms with van der Waals surface area (Å²) in [7, 11) is 0. The molecule has 110 valence electrons. The first-order chi connectivity index (χ1) is 9.49. The maximum Gasteiger partial charge on any atom is 0.254 e. The number of nitrogens with zero attached hydrogens (tertiary/aromatic N) is 1. The molecule has 0 saturated heterocycles. The molecule has 1 amide bonds. The molecule has 0 saturated carbocycles. The number of rotatable bonds is 6. The number of carbonyl (C=O) groups is 1. The molecule has 0 fully saturated rings. The molecular weight excluding hydrogens is 254 g/mol. The number of amides is 1. The van der Waals surface area contributed by atoms with E-state index < -0.39 is 11.4 Å². The Balaban J connectivity index is 2.24. The molecule has 4 N–H and O–H groups in total. The number of hydrogen-bond acceptors (Lipinski definition) is 4. The van der Waals surface area contributed by atoms with E-state index in [1.54, 1.807) is 0 Å². The van der Waals surface area contributed by atoms with E-state index in [2.05, 4.69) is 4.98 Å². The van der Waals surface area contributed by atoms with Gasteiger partial charge in [0.15, 0.2) is 0 Å². The summed E-state index contributed by atoms with van der Waals surface area (Å²) >= 11 is 0. The molecule has 20 heavy (non-hydrogen) atoms. The number of ether oxygens (including phenoxy) is 1. The zero-order valence-electron chi connectivity index (χ0n) is 12.2. The normalized spacial score (nSPS) is 14.2. The van der Waals surface area contributed by atoms with Crippen molar-refractivity contribution in [3.05, 3.63) is 22.9 Å². The molecule has 0 aliphatic heterocycles. The molecule has 0 aromatic carbocycles.